The maximum absolute atomic E-state index is 12.2. The summed E-state index contributed by atoms with van der Waals surface area (Å²) in [5, 5.41) is 3.75. The van der Waals surface area contributed by atoms with E-state index in [9.17, 15) is 4.79 Å². The predicted octanol–water partition coefficient (Wildman–Crippen LogP) is 6.64. The Morgan fingerprint density at radius 3 is 2.52 bits per heavy atom. The smallest absolute Gasteiger partial charge is 0.311 e. The number of para-hydroxylation sites is 1. The predicted molar refractivity (Wildman–Crippen MR) is 128 cm³/mol. The topological polar surface area (TPSA) is 55.6 Å². The molecule has 1 aromatic carbocycles. The number of carbonyl (C=O) groups is 1. The van der Waals surface area contributed by atoms with Crippen LogP contribution in [0.3, 0.4) is 0 Å². The van der Waals surface area contributed by atoms with Gasteiger partial charge in [0.2, 0.25) is 0 Å². The van der Waals surface area contributed by atoms with Crippen molar-refractivity contribution in [1.82, 2.24) is 9.38 Å². The van der Waals surface area contributed by atoms with E-state index in [0.717, 1.165) is 41.1 Å². The van der Waals surface area contributed by atoms with E-state index in [0.29, 0.717) is 12.2 Å². The van der Waals surface area contributed by atoms with Gasteiger partial charge in [-0.15, -0.1) is 0 Å². The Hall–Kier alpha value is -2.82. The Bertz CT molecular complexity index is 1070. The Kier molecular flexibility index (Phi) is 6.44. The van der Waals surface area contributed by atoms with Crippen molar-refractivity contribution in [3.05, 3.63) is 48.2 Å². The van der Waals surface area contributed by atoms with Crippen molar-refractivity contribution in [3.8, 4) is 17.0 Å². The summed E-state index contributed by atoms with van der Waals surface area (Å²) in [6.45, 7) is 15.2. The fraction of sp³-hybridized carbons (Fsp3) is 0.462. The van der Waals surface area contributed by atoms with Gasteiger partial charge in [0.15, 0.2) is 0 Å². The summed E-state index contributed by atoms with van der Waals surface area (Å²) in [5.74, 6) is 1.22. The lowest BCUT2D eigenvalue weighted by Crippen LogP contribution is -2.36. The Labute approximate surface area is 185 Å². The van der Waals surface area contributed by atoms with Crippen LogP contribution in [-0.4, -0.2) is 20.9 Å². The van der Waals surface area contributed by atoms with Crippen LogP contribution >= 0.6 is 0 Å². The highest BCUT2D eigenvalue weighted by Crippen LogP contribution is 2.38. The van der Waals surface area contributed by atoms with Crippen LogP contribution in [0.15, 0.2) is 42.6 Å². The number of fused-ring (bicyclic) bond motifs is 1. The van der Waals surface area contributed by atoms with E-state index in [2.05, 4.69) is 63.4 Å². The van der Waals surface area contributed by atoms with E-state index >= 15 is 0 Å². The molecule has 0 atom stereocenters. The summed E-state index contributed by atoms with van der Waals surface area (Å²) in [6, 6.07) is 11.8. The Balaban J connectivity index is 2.13. The van der Waals surface area contributed by atoms with E-state index in [1.807, 2.05) is 37.4 Å². The molecular weight excluding hydrogens is 386 g/mol. The second-order valence-corrected chi connectivity index (χ2v) is 10.2. The van der Waals surface area contributed by atoms with Gasteiger partial charge in [0.25, 0.3) is 0 Å². The fourth-order valence-electron chi connectivity index (χ4n) is 4.27. The largest absolute Gasteiger partial charge is 0.426 e. The lowest BCUT2D eigenvalue weighted by atomic mass is 9.82. The van der Waals surface area contributed by atoms with Crippen LogP contribution < -0.4 is 10.1 Å². The standard InChI is InChI=1S/C26H35N3O2/c1-8-11-22(30)31-20-13-10-9-12-19(20)23-24(28-26(6,7)17-25(3,4)5)29-15-14-18(2)16-21(29)27-23/h9-10,12-16,28H,8,11,17H2,1-7H3. The van der Waals surface area contributed by atoms with Gasteiger partial charge in [-0.25, -0.2) is 4.98 Å². The number of anilines is 1. The average Bonchev–Trinajstić information content (AvgIpc) is 2.97. The van der Waals surface area contributed by atoms with Gasteiger partial charge >= 0.3 is 5.97 Å². The van der Waals surface area contributed by atoms with Crippen LogP contribution in [0.25, 0.3) is 16.9 Å². The van der Waals surface area contributed by atoms with Gasteiger partial charge in [-0.1, -0.05) is 39.8 Å². The highest BCUT2D eigenvalue weighted by molar-refractivity contribution is 5.83. The highest BCUT2D eigenvalue weighted by Gasteiger charge is 2.28. The molecule has 0 amide bonds. The molecule has 0 spiro atoms. The summed E-state index contributed by atoms with van der Waals surface area (Å²) < 4.78 is 7.79. The van der Waals surface area contributed by atoms with Crippen molar-refractivity contribution in [2.24, 2.45) is 5.41 Å². The van der Waals surface area contributed by atoms with Crippen molar-refractivity contribution < 1.29 is 9.53 Å². The van der Waals surface area contributed by atoms with E-state index in [1.165, 1.54) is 0 Å². The van der Waals surface area contributed by atoms with E-state index in [1.54, 1.807) is 0 Å². The van der Waals surface area contributed by atoms with Crippen molar-refractivity contribution in [2.45, 2.75) is 73.3 Å². The summed E-state index contributed by atoms with van der Waals surface area (Å²) in [5.41, 5.74) is 3.60. The van der Waals surface area contributed by atoms with E-state index in [-0.39, 0.29) is 16.9 Å². The van der Waals surface area contributed by atoms with E-state index < -0.39 is 0 Å². The maximum Gasteiger partial charge on any atom is 0.311 e. The molecule has 0 unspecified atom stereocenters. The first-order valence-electron chi connectivity index (χ1n) is 11.1. The lowest BCUT2D eigenvalue weighted by molar-refractivity contribution is -0.134. The third kappa shape index (κ3) is 5.66. The van der Waals surface area contributed by atoms with Crippen LogP contribution in [0.2, 0.25) is 0 Å². The van der Waals surface area contributed by atoms with Crippen molar-refractivity contribution in [3.63, 3.8) is 0 Å². The molecular formula is C26H35N3O2. The first-order chi connectivity index (χ1) is 14.5. The number of imidazole rings is 1. The number of nitrogens with zero attached hydrogens (tertiary/aromatic N) is 2. The summed E-state index contributed by atoms with van der Waals surface area (Å²) in [6.07, 6.45) is 4.17. The first-order valence-corrected chi connectivity index (χ1v) is 11.1. The molecule has 3 aromatic rings. The van der Waals surface area contributed by atoms with Gasteiger partial charge in [0.05, 0.1) is 0 Å². The number of benzene rings is 1. The monoisotopic (exact) mass is 421 g/mol. The number of esters is 1. The zero-order valence-corrected chi connectivity index (χ0v) is 19.9. The number of aryl methyl sites for hydroxylation is 1. The number of nitrogens with one attached hydrogen (secondary N) is 1. The van der Waals surface area contributed by atoms with Crippen LogP contribution in [0.5, 0.6) is 5.75 Å². The molecule has 0 saturated carbocycles. The number of ether oxygens (including phenoxy) is 1. The second-order valence-electron chi connectivity index (χ2n) is 10.2. The summed E-state index contributed by atoms with van der Waals surface area (Å²) in [4.78, 5) is 17.2. The molecule has 0 aliphatic heterocycles. The number of carbonyl (C=O) groups excluding carboxylic acids is 1. The van der Waals surface area contributed by atoms with Gasteiger partial charge in [0, 0.05) is 23.7 Å². The molecule has 2 aromatic heterocycles. The molecule has 5 nitrogen and oxygen atoms in total. The second kappa shape index (κ2) is 8.74. The normalized spacial score (nSPS) is 12.2. The van der Waals surface area contributed by atoms with Gasteiger partial charge in [0.1, 0.15) is 22.9 Å². The quantitative estimate of drug-likeness (QED) is 0.343. The number of rotatable bonds is 7. The number of aromatic nitrogens is 2. The SMILES string of the molecule is CCCC(=O)Oc1ccccc1-c1nc2cc(C)ccn2c1NC(C)(C)CC(C)(C)C. The first kappa shape index (κ1) is 22.9. The average molecular weight is 422 g/mol. The third-order valence-corrected chi connectivity index (χ3v) is 5.03. The molecule has 1 N–H and O–H groups in total. The molecule has 0 fully saturated rings. The number of hydrogen-bond donors (Lipinski definition) is 1. The highest BCUT2D eigenvalue weighted by atomic mass is 16.5. The van der Waals surface area contributed by atoms with Crippen LogP contribution in [0.1, 0.15) is 66.4 Å². The van der Waals surface area contributed by atoms with Crippen molar-refractivity contribution in [1.29, 1.82) is 0 Å². The van der Waals surface area contributed by atoms with E-state index in [4.69, 9.17) is 9.72 Å². The molecule has 31 heavy (non-hydrogen) atoms. The van der Waals surface area contributed by atoms with Crippen LogP contribution in [0.4, 0.5) is 5.82 Å². The molecule has 0 radical (unpaired) electrons. The zero-order chi connectivity index (χ0) is 22.8. The fourth-order valence-corrected chi connectivity index (χ4v) is 4.27. The molecule has 5 heteroatoms. The molecule has 3 rings (SSSR count). The minimum atomic E-state index is -0.225. The van der Waals surface area contributed by atoms with Gasteiger partial charge in [-0.2, -0.15) is 0 Å². The Morgan fingerprint density at radius 2 is 1.84 bits per heavy atom. The molecule has 0 aliphatic carbocycles. The lowest BCUT2D eigenvalue weighted by Gasteiger charge is -2.34. The van der Waals surface area contributed by atoms with Crippen molar-refractivity contribution >= 4 is 17.4 Å². The number of hydrogen-bond acceptors (Lipinski definition) is 4. The molecule has 0 saturated heterocycles. The summed E-state index contributed by atoms with van der Waals surface area (Å²) >= 11 is 0. The zero-order valence-electron chi connectivity index (χ0n) is 19.9. The third-order valence-electron chi connectivity index (χ3n) is 5.03. The van der Waals surface area contributed by atoms with Gasteiger partial charge in [-0.3, -0.25) is 9.20 Å². The van der Waals surface area contributed by atoms with Crippen LogP contribution in [0, 0.1) is 12.3 Å². The maximum atomic E-state index is 12.2. The summed E-state index contributed by atoms with van der Waals surface area (Å²) in [7, 11) is 0. The minimum absolute atomic E-state index is 0.165. The molecule has 0 bridgehead atoms. The van der Waals surface area contributed by atoms with Gasteiger partial charge < -0.3 is 10.1 Å². The van der Waals surface area contributed by atoms with Crippen LogP contribution in [-0.2, 0) is 4.79 Å². The Morgan fingerprint density at radius 1 is 1.13 bits per heavy atom. The van der Waals surface area contributed by atoms with Crippen molar-refractivity contribution in [2.75, 3.05) is 5.32 Å². The minimum Gasteiger partial charge on any atom is -0.426 e. The van der Waals surface area contributed by atoms with Gasteiger partial charge in [-0.05, 0) is 68.9 Å². The number of pyridine rings is 1. The molecule has 0 aliphatic rings. The molecule has 166 valence electrons. The molecule has 2 heterocycles.